The molecule has 1 saturated carbocycles. The summed E-state index contributed by atoms with van der Waals surface area (Å²) in [5, 5.41) is 10.1. The van der Waals surface area contributed by atoms with Crippen molar-refractivity contribution in [1.29, 1.82) is 0 Å². The summed E-state index contributed by atoms with van der Waals surface area (Å²) in [6.45, 7) is 0. The number of rotatable bonds is 3. The second kappa shape index (κ2) is 9.88. The van der Waals surface area contributed by atoms with Gasteiger partial charge in [0.2, 0.25) is 17.6 Å². The van der Waals surface area contributed by atoms with Crippen molar-refractivity contribution < 1.29 is 55.8 Å². The monoisotopic (exact) mass is 673 g/mol. The molecule has 3 fully saturated rings. The smallest absolute Gasteiger partial charge is 0.328 e. The Balaban J connectivity index is 1.63. The molecule has 0 unspecified atom stereocenters. The molecule has 2 aromatic rings. The van der Waals surface area contributed by atoms with Gasteiger partial charge in [0.05, 0.1) is 18.9 Å². The highest BCUT2D eigenvalue weighted by Crippen LogP contribution is 2.66. The molecule has 6 rings (SSSR count). The van der Waals surface area contributed by atoms with Crippen molar-refractivity contribution in [3.8, 4) is 11.5 Å². The maximum absolute atomic E-state index is 15.1. The van der Waals surface area contributed by atoms with Gasteiger partial charge in [-0.25, -0.2) is 31.6 Å². The molecule has 17 heteroatoms. The van der Waals surface area contributed by atoms with E-state index in [2.05, 4.69) is 0 Å². The topological polar surface area (TPSA) is 147 Å². The summed E-state index contributed by atoms with van der Waals surface area (Å²) in [6.07, 6.45) is 0.482. The summed E-state index contributed by atoms with van der Waals surface area (Å²) in [6, 6.07) is 2.10. The van der Waals surface area contributed by atoms with Crippen molar-refractivity contribution in [2.75, 3.05) is 12.0 Å². The van der Waals surface area contributed by atoms with Gasteiger partial charge in [-0.05, 0) is 24.8 Å². The average Bonchev–Trinajstić information content (AvgIpc) is 3.34. The number of aromatic hydroxyl groups is 1. The number of hydrogen-bond donors (Lipinski definition) is 2. The van der Waals surface area contributed by atoms with E-state index in [9.17, 15) is 42.3 Å². The number of hydrogen-bond acceptors (Lipinski definition) is 7. The summed E-state index contributed by atoms with van der Waals surface area (Å²) in [5.41, 5.74) is 3.44. The van der Waals surface area contributed by atoms with Crippen LogP contribution in [0.3, 0.4) is 0 Å². The standard InChI is InChI=1S/C28H18Cl2F5N3O7/c1-45-13-6-8(39)2-3-10(13)15-9-4-5-11-14(23(41)38(22(11)40)26(36)44)12(9)7-27(29)24(42)37(25(43)28(15,27)30)21-19(34)17(32)16(31)18(33)20(21)35/h2-4,6,11-12,14-15,39H,5,7H2,1H3,(H2,36,44)/t11-,12+,14-,15+,27+,28-/m0/s1. The zero-order valence-corrected chi connectivity index (χ0v) is 24.1. The number of primary amides is 1. The highest BCUT2D eigenvalue weighted by atomic mass is 35.5. The Hall–Kier alpha value is -4.24. The molecular formula is C28H18Cl2F5N3O7. The second-order valence-corrected chi connectivity index (χ2v) is 12.2. The van der Waals surface area contributed by atoms with Crippen molar-refractivity contribution in [2.45, 2.75) is 28.5 Å². The number of halogens is 7. The first-order chi connectivity index (χ1) is 21.0. The molecule has 45 heavy (non-hydrogen) atoms. The molecule has 0 bridgehead atoms. The van der Waals surface area contributed by atoms with Gasteiger partial charge in [-0.2, -0.15) is 4.90 Å². The average molecular weight is 674 g/mol. The molecular weight excluding hydrogens is 656 g/mol. The number of phenols is 1. The van der Waals surface area contributed by atoms with Crippen LogP contribution in [0, 0.1) is 46.8 Å². The number of methoxy groups -OCH3 is 1. The van der Waals surface area contributed by atoms with Gasteiger partial charge in [-0.1, -0.05) is 17.7 Å². The van der Waals surface area contributed by atoms with Crippen LogP contribution in [0.15, 0.2) is 29.8 Å². The predicted molar refractivity (Wildman–Crippen MR) is 143 cm³/mol. The summed E-state index contributed by atoms with van der Waals surface area (Å²) >= 11 is 14.0. The van der Waals surface area contributed by atoms with Crippen molar-refractivity contribution in [1.82, 2.24) is 4.90 Å². The van der Waals surface area contributed by atoms with Crippen LogP contribution in [0.2, 0.25) is 0 Å². The minimum Gasteiger partial charge on any atom is -0.508 e. The van der Waals surface area contributed by atoms with Crippen LogP contribution in [-0.2, 0) is 19.2 Å². The Kier molecular flexibility index (Phi) is 6.76. The number of likely N-dealkylation sites (tertiary alicyclic amines) is 1. The van der Waals surface area contributed by atoms with E-state index in [0.717, 1.165) is 12.1 Å². The normalized spacial score (nSPS) is 30.7. The number of benzene rings is 2. The molecule has 0 aromatic heterocycles. The van der Waals surface area contributed by atoms with Gasteiger partial charge in [0.1, 0.15) is 17.2 Å². The lowest BCUT2D eigenvalue weighted by atomic mass is 9.56. The number of urea groups is 1. The number of imide groups is 4. The van der Waals surface area contributed by atoms with Gasteiger partial charge < -0.3 is 15.6 Å². The highest BCUT2D eigenvalue weighted by molar-refractivity contribution is 6.58. The molecule has 0 radical (unpaired) electrons. The number of carbonyl (C=O) groups excluding carboxylic acids is 5. The number of carbonyl (C=O) groups is 5. The summed E-state index contributed by atoms with van der Waals surface area (Å²) in [5.74, 6) is -23.7. The van der Waals surface area contributed by atoms with Crippen LogP contribution in [-0.4, -0.2) is 56.5 Å². The first kappa shape index (κ1) is 30.8. The second-order valence-electron chi connectivity index (χ2n) is 11.0. The molecule has 236 valence electrons. The number of allylic oxidation sites excluding steroid dienone is 2. The van der Waals surface area contributed by atoms with Crippen molar-refractivity contribution in [3.63, 3.8) is 0 Å². The minimum atomic E-state index is -2.78. The van der Waals surface area contributed by atoms with E-state index in [-0.39, 0.29) is 38.9 Å². The van der Waals surface area contributed by atoms with E-state index in [4.69, 9.17) is 33.7 Å². The van der Waals surface area contributed by atoms with Gasteiger partial charge in [0, 0.05) is 17.5 Å². The summed E-state index contributed by atoms with van der Waals surface area (Å²) in [4.78, 5) is 61.1. The lowest BCUT2D eigenvalue weighted by Crippen LogP contribution is -2.60. The quantitative estimate of drug-likeness (QED) is 0.126. The largest absolute Gasteiger partial charge is 0.508 e. The molecule has 2 heterocycles. The maximum atomic E-state index is 15.1. The molecule has 4 aliphatic rings. The van der Waals surface area contributed by atoms with E-state index in [0.29, 0.717) is 0 Å². The van der Waals surface area contributed by atoms with Crippen LogP contribution < -0.4 is 15.4 Å². The Morgan fingerprint density at radius 2 is 1.56 bits per heavy atom. The van der Waals surface area contributed by atoms with Gasteiger partial charge >= 0.3 is 6.03 Å². The van der Waals surface area contributed by atoms with E-state index in [1.807, 2.05) is 0 Å². The number of nitrogens with two attached hydrogens (primary N) is 1. The van der Waals surface area contributed by atoms with Crippen LogP contribution in [0.4, 0.5) is 32.4 Å². The maximum Gasteiger partial charge on any atom is 0.328 e. The molecule has 0 spiro atoms. The molecule has 2 saturated heterocycles. The summed E-state index contributed by atoms with van der Waals surface area (Å²) < 4.78 is 77.9. The first-order valence-electron chi connectivity index (χ1n) is 13.1. The minimum absolute atomic E-state index is 0.0336. The van der Waals surface area contributed by atoms with Crippen LogP contribution in [0.25, 0.3) is 0 Å². The SMILES string of the molecule is COc1cc(O)ccc1[C@H]1C2=CC[C@@H]3C(=O)N(C(N)=O)C(=O)[C@@H]3[C@@H]2C[C@@]2(Cl)C(=O)N(c3c(F)c(F)c(F)c(F)c3F)C(=O)[C@@]12Cl. The van der Waals surface area contributed by atoms with E-state index in [1.54, 1.807) is 0 Å². The lowest BCUT2D eigenvalue weighted by Gasteiger charge is -2.50. The zero-order chi connectivity index (χ0) is 33.1. The lowest BCUT2D eigenvalue weighted by molar-refractivity contribution is -0.136. The van der Waals surface area contributed by atoms with Crippen LogP contribution in [0.5, 0.6) is 11.5 Å². The van der Waals surface area contributed by atoms with E-state index < -0.39 is 104 Å². The van der Waals surface area contributed by atoms with Crippen molar-refractivity contribution >= 4 is 58.5 Å². The van der Waals surface area contributed by atoms with Gasteiger partial charge in [0.25, 0.3) is 11.8 Å². The predicted octanol–water partition coefficient (Wildman–Crippen LogP) is 3.74. The van der Waals surface area contributed by atoms with Gasteiger partial charge in [0.15, 0.2) is 33.0 Å². The molecule has 6 atom stereocenters. The third kappa shape index (κ3) is 3.70. The molecule has 6 amide bonds. The van der Waals surface area contributed by atoms with E-state index in [1.165, 1.54) is 19.3 Å². The fraction of sp³-hybridized carbons (Fsp3) is 0.321. The number of amides is 6. The Bertz CT molecular complexity index is 1800. The number of fused-ring (bicyclic) bond motifs is 4. The zero-order valence-electron chi connectivity index (χ0n) is 22.5. The van der Waals surface area contributed by atoms with Gasteiger partial charge in [-0.3, -0.25) is 19.2 Å². The number of phenolic OH excluding ortho intramolecular Hbond substituents is 1. The molecule has 2 aliphatic heterocycles. The Morgan fingerprint density at radius 3 is 2.13 bits per heavy atom. The number of nitrogens with zero attached hydrogens (tertiary/aromatic N) is 2. The fourth-order valence-electron chi connectivity index (χ4n) is 7.07. The number of ether oxygens (including phenoxy) is 1. The first-order valence-corrected chi connectivity index (χ1v) is 13.8. The summed E-state index contributed by atoms with van der Waals surface area (Å²) in [7, 11) is 1.17. The third-order valence-electron chi connectivity index (χ3n) is 8.97. The van der Waals surface area contributed by atoms with Crippen LogP contribution >= 0.6 is 23.2 Å². The highest BCUT2D eigenvalue weighted by Gasteiger charge is 2.77. The third-order valence-corrected chi connectivity index (χ3v) is 10.4. The fourth-order valence-corrected chi connectivity index (χ4v) is 7.99. The van der Waals surface area contributed by atoms with Crippen LogP contribution in [0.1, 0.15) is 24.3 Å². The molecule has 2 aromatic carbocycles. The Labute approximate surface area is 259 Å². The number of alkyl halides is 2. The van der Waals surface area contributed by atoms with Crippen molar-refractivity contribution in [2.24, 2.45) is 23.5 Å². The Morgan fingerprint density at radius 1 is 0.956 bits per heavy atom. The van der Waals surface area contributed by atoms with E-state index >= 15 is 8.78 Å². The number of anilines is 1. The van der Waals surface area contributed by atoms with Gasteiger partial charge in [-0.15, -0.1) is 23.2 Å². The molecule has 3 N–H and O–H groups in total. The van der Waals surface area contributed by atoms with Crippen molar-refractivity contribution in [3.05, 3.63) is 64.5 Å². The molecule has 2 aliphatic carbocycles. The molecule has 10 nitrogen and oxygen atoms in total.